The summed E-state index contributed by atoms with van der Waals surface area (Å²) in [6, 6.07) is 11.8. The summed E-state index contributed by atoms with van der Waals surface area (Å²) in [4.78, 5) is 28.2. The second kappa shape index (κ2) is 15.0. The minimum absolute atomic E-state index is 0.0839. The van der Waals surface area contributed by atoms with Gasteiger partial charge in [0.25, 0.3) is 0 Å². The number of carbonyl (C=O) groups excluding carboxylic acids is 2. The highest BCUT2D eigenvalue weighted by Crippen LogP contribution is 2.28. The maximum absolute atomic E-state index is 13.5. The smallest absolute Gasteiger partial charge is 0.242 e. The Labute approximate surface area is 232 Å². The van der Waals surface area contributed by atoms with Crippen LogP contribution >= 0.6 is 11.6 Å². The number of anilines is 1. The molecule has 1 N–H and O–H groups in total. The van der Waals surface area contributed by atoms with Crippen molar-refractivity contribution >= 4 is 39.1 Å². The summed E-state index contributed by atoms with van der Waals surface area (Å²) in [6.45, 7) is 6.62. The van der Waals surface area contributed by atoms with Gasteiger partial charge >= 0.3 is 0 Å². The number of carbonyl (C=O) groups is 2. The van der Waals surface area contributed by atoms with E-state index in [0.717, 1.165) is 24.7 Å². The van der Waals surface area contributed by atoms with Crippen LogP contribution in [-0.2, 0) is 26.2 Å². The molecule has 8 nitrogen and oxygen atoms in total. The average Bonchev–Trinajstić information content (AvgIpc) is 2.88. The molecule has 2 rings (SSSR count). The molecule has 0 heterocycles. The van der Waals surface area contributed by atoms with Crippen molar-refractivity contribution in [2.45, 2.75) is 65.5 Å². The zero-order valence-corrected chi connectivity index (χ0v) is 24.6. The Morgan fingerprint density at radius 2 is 1.76 bits per heavy atom. The summed E-state index contributed by atoms with van der Waals surface area (Å²) in [6.07, 6.45) is 3.77. The molecule has 2 amide bonds. The Balaban J connectivity index is 2.23. The third-order valence-electron chi connectivity index (χ3n) is 6.39. The summed E-state index contributed by atoms with van der Waals surface area (Å²) in [5.41, 5.74) is 2.01. The molecule has 2 aromatic carbocycles. The van der Waals surface area contributed by atoms with Crippen LogP contribution in [0.15, 0.2) is 42.5 Å². The summed E-state index contributed by atoms with van der Waals surface area (Å²) >= 11 is 6.23. The van der Waals surface area contributed by atoms with Crippen LogP contribution in [0.25, 0.3) is 0 Å². The zero-order chi connectivity index (χ0) is 28.3. The van der Waals surface area contributed by atoms with Gasteiger partial charge < -0.3 is 15.0 Å². The van der Waals surface area contributed by atoms with E-state index >= 15 is 0 Å². The number of hydrogen-bond acceptors (Lipinski definition) is 5. The summed E-state index contributed by atoms with van der Waals surface area (Å²) < 4.78 is 31.7. The lowest BCUT2D eigenvalue weighted by Gasteiger charge is -2.31. The van der Waals surface area contributed by atoms with E-state index in [9.17, 15) is 18.0 Å². The van der Waals surface area contributed by atoms with Crippen LogP contribution in [-0.4, -0.2) is 57.6 Å². The van der Waals surface area contributed by atoms with Gasteiger partial charge in [0.15, 0.2) is 0 Å². The van der Waals surface area contributed by atoms with Crippen LogP contribution in [0.3, 0.4) is 0 Å². The highest BCUT2D eigenvalue weighted by molar-refractivity contribution is 7.92. The molecule has 0 radical (unpaired) electrons. The number of benzene rings is 2. The second-order valence-electron chi connectivity index (χ2n) is 9.26. The molecule has 0 aliphatic carbocycles. The minimum Gasteiger partial charge on any atom is -0.497 e. The molecule has 1 atom stereocenters. The fourth-order valence-electron chi connectivity index (χ4n) is 4.20. The molecule has 0 aliphatic heterocycles. The molecule has 210 valence electrons. The molecule has 2 aromatic rings. The molecule has 10 heteroatoms. The van der Waals surface area contributed by atoms with E-state index in [4.69, 9.17) is 16.3 Å². The number of amides is 2. The number of sulfonamides is 1. The van der Waals surface area contributed by atoms with Crippen molar-refractivity contribution in [2.75, 3.05) is 30.8 Å². The molecule has 0 fully saturated rings. The lowest BCUT2D eigenvalue weighted by molar-refractivity contribution is -0.141. The molecule has 0 aliphatic rings. The molecule has 0 bridgehead atoms. The zero-order valence-electron chi connectivity index (χ0n) is 23.0. The molecule has 0 saturated heterocycles. The quantitative estimate of drug-likeness (QED) is 0.309. The van der Waals surface area contributed by atoms with Crippen molar-refractivity contribution in [1.29, 1.82) is 0 Å². The van der Waals surface area contributed by atoms with Crippen LogP contribution in [0.1, 0.15) is 57.1 Å². The Hall–Kier alpha value is -2.78. The number of halogens is 1. The Morgan fingerprint density at radius 3 is 2.34 bits per heavy atom. The van der Waals surface area contributed by atoms with Gasteiger partial charge in [-0.1, -0.05) is 50.1 Å². The lowest BCUT2D eigenvalue weighted by Crippen LogP contribution is -2.49. The fraction of sp³-hybridized carbons (Fsp3) is 0.500. The summed E-state index contributed by atoms with van der Waals surface area (Å²) in [5, 5.41) is 3.42. The third kappa shape index (κ3) is 8.91. The number of unbranched alkanes of at least 4 members (excludes halogenated alkanes) is 1. The van der Waals surface area contributed by atoms with E-state index in [2.05, 4.69) is 5.32 Å². The van der Waals surface area contributed by atoms with E-state index in [-0.39, 0.29) is 37.7 Å². The van der Waals surface area contributed by atoms with Crippen molar-refractivity contribution in [3.05, 3.63) is 58.6 Å². The van der Waals surface area contributed by atoms with Gasteiger partial charge in [-0.2, -0.15) is 0 Å². The van der Waals surface area contributed by atoms with Gasteiger partial charge in [0.05, 0.1) is 19.1 Å². The molecular formula is C28H40ClN3O5S. The third-order valence-corrected chi connectivity index (χ3v) is 7.98. The van der Waals surface area contributed by atoms with Gasteiger partial charge in [0.1, 0.15) is 11.8 Å². The first-order valence-corrected chi connectivity index (χ1v) is 15.2. The molecule has 1 unspecified atom stereocenters. The van der Waals surface area contributed by atoms with Crippen LogP contribution in [0.4, 0.5) is 5.69 Å². The Kier molecular flexibility index (Phi) is 12.4. The Morgan fingerprint density at radius 1 is 1.08 bits per heavy atom. The first-order chi connectivity index (χ1) is 18.0. The summed E-state index contributed by atoms with van der Waals surface area (Å²) in [7, 11) is -2.02. The van der Waals surface area contributed by atoms with Gasteiger partial charge in [-0.05, 0) is 61.6 Å². The molecule has 0 saturated carbocycles. The van der Waals surface area contributed by atoms with Crippen molar-refractivity contribution < 1.29 is 22.7 Å². The van der Waals surface area contributed by atoms with Gasteiger partial charge in [-0.25, -0.2) is 8.42 Å². The van der Waals surface area contributed by atoms with E-state index < -0.39 is 16.1 Å². The number of nitrogens with one attached hydrogen (secondary N) is 1. The van der Waals surface area contributed by atoms with Crippen LogP contribution < -0.4 is 14.4 Å². The van der Waals surface area contributed by atoms with Gasteiger partial charge in [-0.15, -0.1) is 0 Å². The van der Waals surface area contributed by atoms with Crippen molar-refractivity contribution in [1.82, 2.24) is 10.2 Å². The SMILES string of the molecule is CCCCNC(=O)C(CC)N(Cc1ccc(OC)cc1)C(=O)CCCN(c1cccc(Cl)c1C)S(C)(=O)=O. The van der Waals surface area contributed by atoms with E-state index in [1.807, 2.05) is 38.1 Å². The average molecular weight is 566 g/mol. The lowest BCUT2D eigenvalue weighted by atomic mass is 10.1. The van der Waals surface area contributed by atoms with Gasteiger partial charge in [-0.3, -0.25) is 13.9 Å². The number of nitrogens with zero attached hydrogens (tertiary/aromatic N) is 2. The van der Waals surface area contributed by atoms with E-state index in [0.29, 0.717) is 35.0 Å². The van der Waals surface area contributed by atoms with Crippen LogP contribution in [0, 0.1) is 6.92 Å². The van der Waals surface area contributed by atoms with E-state index in [1.165, 1.54) is 4.31 Å². The number of rotatable bonds is 15. The standard InChI is InChI=1S/C28H40ClN3O5S/c1-6-8-18-30-28(34)25(7-2)31(20-22-14-16-23(37-4)17-15-22)27(33)13-10-19-32(38(5,35)36)26-12-9-11-24(29)21(26)3/h9,11-12,14-17,25H,6-8,10,13,18-20H2,1-5H3,(H,30,34). The molecule has 0 spiro atoms. The molecule has 38 heavy (non-hydrogen) atoms. The van der Waals surface area contributed by atoms with Crippen molar-refractivity contribution in [2.24, 2.45) is 0 Å². The Bertz CT molecular complexity index is 1170. The second-order valence-corrected chi connectivity index (χ2v) is 11.6. The molecule has 0 aromatic heterocycles. The fourth-order valence-corrected chi connectivity index (χ4v) is 5.39. The van der Waals surface area contributed by atoms with Crippen molar-refractivity contribution in [3.8, 4) is 5.75 Å². The number of ether oxygens (including phenoxy) is 1. The predicted octanol–water partition coefficient (Wildman–Crippen LogP) is 4.93. The predicted molar refractivity (Wildman–Crippen MR) is 153 cm³/mol. The van der Waals surface area contributed by atoms with Crippen LogP contribution in [0.5, 0.6) is 5.75 Å². The maximum Gasteiger partial charge on any atom is 0.242 e. The van der Waals surface area contributed by atoms with Crippen molar-refractivity contribution in [3.63, 3.8) is 0 Å². The van der Waals surface area contributed by atoms with Crippen LogP contribution in [0.2, 0.25) is 5.02 Å². The minimum atomic E-state index is -3.60. The van der Waals surface area contributed by atoms with Gasteiger partial charge in [0.2, 0.25) is 21.8 Å². The highest BCUT2D eigenvalue weighted by atomic mass is 35.5. The van der Waals surface area contributed by atoms with Gasteiger partial charge in [0, 0.05) is 31.1 Å². The highest BCUT2D eigenvalue weighted by Gasteiger charge is 2.29. The first kappa shape index (κ1) is 31.4. The number of methoxy groups -OCH3 is 1. The monoisotopic (exact) mass is 565 g/mol. The number of hydrogen-bond donors (Lipinski definition) is 1. The normalized spacial score (nSPS) is 12.1. The molecular weight excluding hydrogens is 526 g/mol. The first-order valence-electron chi connectivity index (χ1n) is 13.0. The topological polar surface area (TPSA) is 96.0 Å². The van der Waals surface area contributed by atoms with E-state index in [1.54, 1.807) is 37.1 Å². The maximum atomic E-state index is 13.5. The largest absolute Gasteiger partial charge is 0.497 e. The summed E-state index contributed by atoms with van der Waals surface area (Å²) in [5.74, 6) is 0.304.